The van der Waals surface area contributed by atoms with Gasteiger partial charge in [-0.15, -0.1) is 0 Å². The lowest BCUT2D eigenvalue weighted by atomic mass is 10.1. The molecule has 1 atom stereocenters. The lowest BCUT2D eigenvalue weighted by Gasteiger charge is -2.14. The Morgan fingerprint density at radius 2 is 1.84 bits per heavy atom. The van der Waals surface area contributed by atoms with Gasteiger partial charge in [0.1, 0.15) is 0 Å². The molecule has 1 aromatic heterocycles. The van der Waals surface area contributed by atoms with Crippen molar-refractivity contribution in [1.29, 1.82) is 0 Å². The molecule has 1 heterocycles. The van der Waals surface area contributed by atoms with Crippen molar-refractivity contribution in [3.63, 3.8) is 0 Å². The minimum atomic E-state index is -3.82. The van der Waals surface area contributed by atoms with E-state index in [1.54, 1.807) is 42.7 Å². The summed E-state index contributed by atoms with van der Waals surface area (Å²) in [5, 5.41) is 2.87. The van der Waals surface area contributed by atoms with Crippen LogP contribution in [0.4, 0.5) is 5.69 Å². The van der Waals surface area contributed by atoms with Crippen molar-refractivity contribution in [2.75, 3.05) is 4.72 Å². The van der Waals surface area contributed by atoms with Crippen LogP contribution in [0.3, 0.4) is 0 Å². The number of rotatable bonds is 9. The molecule has 2 aromatic carbocycles. The Balaban J connectivity index is 1.71. The number of nitrogens with one attached hydrogen (secondary N) is 2. The highest BCUT2D eigenvalue weighted by Gasteiger charge is 2.18. The minimum absolute atomic E-state index is 0.0317. The quantitative estimate of drug-likeness (QED) is 0.507. The van der Waals surface area contributed by atoms with Gasteiger partial charge in [-0.2, -0.15) is 0 Å². The fourth-order valence-corrected chi connectivity index (χ4v) is 4.24. The van der Waals surface area contributed by atoms with Crippen molar-refractivity contribution >= 4 is 21.6 Å². The Labute approximate surface area is 183 Å². The standard InChI is InChI=1S/C24H27N3O3S/c1-3-4-7-19-11-13-22(14-12-19)27-31(29,30)23-10-5-8-20(16-23)24(28)26-18(2)21-9-6-15-25-17-21/h5-6,8-18,27H,3-4,7H2,1-2H3,(H,26,28). The van der Waals surface area contributed by atoms with E-state index in [-0.39, 0.29) is 22.4 Å². The summed E-state index contributed by atoms with van der Waals surface area (Å²) < 4.78 is 28.2. The number of benzene rings is 2. The number of anilines is 1. The number of hydrogen-bond donors (Lipinski definition) is 2. The van der Waals surface area contributed by atoms with E-state index in [1.165, 1.54) is 17.7 Å². The molecule has 0 saturated heterocycles. The number of sulfonamides is 1. The molecule has 1 unspecified atom stereocenters. The largest absolute Gasteiger partial charge is 0.345 e. The number of carbonyl (C=O) groups excluding carboxylic acids is 1. The number of nitrogens with zero attached hydrogens (tertiary/aromatic N) is 1. The van der Waals surface area contributed by atoms with E-state index >= 15 is 0 Å². The van der Waals surface area contributed by atoms with Crippen LogP contribution in [0.25, 0.3) is 0 Å². The predicted molar refractivity (Wildman–Crippen MR) is 122 cm³/mol. The van der Waals surface area contributed by atoms with Crippen molar-refractivity contribution in [2.45, 2.75) is 44.0 Å². The van der Waals surface area contributed by atoms with Gasteiger partial charge in [0.05, 0.1) is 10.9 Å². The van der Waals surface area contributed by atoms with Crippen LogP contribution in [0.1, 0.15) is 54.2 Å². The lowest BCUT2D eigenvalue weighted by molar-refractivity contribution is 0.0939. The number of aromatic nitrogens is 1. The van der Waals surface area contributed by atoms with E-state index in [9.17, 15) is 13.2 Å². The number of hydrogen-bond acceptors (Lipinski definition) is 4. The molecule has 6 nitrogen and oxygen atoms in total. The first-order valence-electron chi connectivity index (χ1n) is 10.3. The van der Waals surface area contributed by atoms with Crippen molar-refractivity contribution < 1.29 is 13.2 Å². The van der Waals surface area contributed by atoms with E-state index in [2.05, 4.69) is 21.9 Å². The molecule has 0 spiro atoms. The second-order valence-electron chi connectivity index (χ2n) is 7.42. The van der Waals surface area contributed by atoms with Crippen molar-refractivity contribution in [3.05, 3.63) is 89.7 Å². The van der Waals surface area contributed by atoms with Crippen LogP contribution >= 0.6 is 0 Å². The second-order valence-corrected chi connectivity index (χ2v) is 9.10. The molecule has 2 N–H and O–H groups in total. The fraction of sp³-hybridized carbons (Fsp3) is 0.250. The summed E-state index contributed by atoms with van der Waals surface area (Å²) in [5.41, 5.74) is 2.80. The third-order valence-electron chi connectivity index (χ3n) is 4.96. The molecule has 162 valence electrons. The molecule has 31 heavy (non-hydrogen) atoms. The SMILES string of the molecule is CCCCc1ccc(NS(=O)(=O)c2cccc(C(=O)NC(C)c3cccnc3)c2)cc1. The fourth-order valence-electron chi connectivity index (χ4n) is 3.13. The number of aryl methyl sites for hydroxylation is 1. The van der Waals surface area contributed by atoms with Gasteiger partial charge in [-0.25, -0.2) is 8.42 Å². The normalized spacial score (nSPS) is 12.2. The van der Waals surface area contributed by atoms with Crippen LogP contribution in [0, 0.1) is 0 Å². The number of amides is 1. The van der Waals surface area contributed by atoms with E-state index < -0.39 is 10.0 Å². The third kappa shape index (κ3) is 6.15. The van der Waals surface area contributed by atoms with Crippen molar-refractivity contribution in [2.24, 2.45) is 0 Å². The van der Waals surface area contributed by atoms with Crippen molar-refractivity contribution in [3.8, 4) is 0 Å². The number of carbonyl (C=O) groups is 1. The van der Waals surface area contributed by atoms with Gasteiger partial charge in [-0.05, 0) is 67.3 Å². The first-order valence-corrected chi connectivity index (χ1v) is 11.8. The van der Waals surface area contributed by atoms with Gasteiger partial charge < -0.3 is 5.32 Å². The second kappa shape index (κ2) is 10.2. The zero-order valence-corrected chi connectivity index (χ0v) is 18.5. The van der Waals surface area contributed by atoms with Gasteiger partial charge in [-0.1, -0.05) is 37.6 Å². The Morgan fingerprint density at radius 1 is 1.06 bits per heavy atom. The summed E-state index contributed by atoms with van der Waals surface area (Å²) in [7, 11) is -3.82. The smallest absolute Gasteiger partial charge is 0.261 e. The highest BCUT2D eigenvalue weighted by Crippen LogP contribution is 2.19. The highest BCUT2D eigenvalue weighted by atomic mass is 32.2. The van der Waals surface area contributed by atoms with Crippen LogP contribution in [-0.4, -0.2) is 19.3 Å². The molecule has 0 saturated carbocycles. The van der Waals surface area contributed by atoms with Gasteiger partial charge in [0.15, 0.2) is 0 Å². The summed E-state index contributed by atoms with van der Waals surface area (Å²) in [6.07, 6.45) is 6.53. The van der Waals surface area contributed by atoms with E-state index in [1.807, 2.05) is 25.1 Å². The molecule has 0 bridgehead atoms. The summed E-state index contributed by atoms with van der Waals surface area (Å²) in [6.45, 7) is 3.98. The number of pyridine rings is 1. The Bertz CT molecular complexity index is 1110. The van der Waals surface area contributed by atoms with E-state index in [4.69, 9.17) is 0 Å². The topological polar surface area (TPSA) is 88.2 Å². The van der Waals surface area contributed by atoms with Crippen LogP contribution in [-0.2, 0) is 16.4 Å². The molecule has 0 aliphatic rings. The molecule has 3 aromatic rings. The first kappa shape index (κ1) is 22.5. The van der Waals surface area contributed by atoms with Crippen LogP contribution in [0.15, 0.2) is 78.0 Å². The molecule has 3 rings (SSSR count). The van der Waals surface area contributed by atoms with Gasteiger partial charge >= 0.3 is 0 Å². The summed E-state index contributed by atoms with van der Waals surface area (Å²) >= 11 is 0. The maximum Gasteiger partial charge on any atom is 0.261 e. The number of unbranched alkanes of at least 4 members (excludes halogenated alkanes) is 1. The van der Waals surface area contributed by atoms with Crippen LogP contribution < -0.4 is 10.0 Å². The summed E-state index contributed by atoms with van der Waals surface area (Å²) in [4.78, 5) is 16.7. The van der Waals surface area contributed by atoms with E-state index in [0.717, 1.165) is 24.8 Å². The van der Waals surface area contributed by atoms with Crippen molar-refractivity contribution in [1.82, 2.24) is 10.3 Å². The zero-order valence-electron chi connectivity index (χ0n) is 17.7. The average Bonchev–Trinajstić information content (AvgIpc) is 2.79. The van der Waals surface area contributed by atoms with Crippen LogP contribution in [0.2, 0.25) is 0 Å². The highest BCUT2D eigenvalue weighted by molar-refractivity contribution is 7.92. The first-order chi connectivity index (χ1) is 14.9. The maximum absolute atomic E-state index is 12.8. The minimum Gasteiger partial charge on any atom is -0.345 e. The molecule has 0 radical (unpaired) electrons. The molecular formula is C24H27N3O3S. The average molecular weight is 438 g/mol. The van der Waals surface area contributed by atoms with E-state index in [0.29, 0.717) is 5.69 Å². The van der Waals surface area contributed by atoms with Gasteiger partial charge in [0.25, 0.3) is 15.9 Å². The monoisotopic (exact) mass is 437 g/mol. The van der Waals surface area contributed by atoms with Crippen LogP contribution in [0.5, 0.6) is 0 Å². The lowest BCUT2D eigenvalue weighted by Crippen LogP contribution is -2.27. The Hall–Kier alpha value is -3.19. The molecule has 0 fully saturated rings. The molecule has 0 aliphatic carbocycles. The molecule has 1 amide bonds. The van der Waals surface area contributed by atoms with Gasteiger partial charge in [0, 0.05) is 23.6 Å². The summed E-state index contributed by atoms with van der Waals surface area (Å²) in [6, 6.07) is 16.8. The Kier molecular flexibility index (Phi) is 7.41. The zero-order chi connectivity index (χ0) is 22.3. The van der Waals surface area contributed by atoms with Gasteiger partial charge in [-0.3, -0.25) is 14.5 Å². The Morgan fingerprint density at radius 3 is 2.52 bits per heavy atom. The molecular weight excluding hydrogens is 410 g/mol. The third-order valence-corrected chi connectivity index (χ3v) is 6.34. The molecule has 0 aliphatic heterocycles. The molecule has 7 heteroatoms. The van der Waals surface area contributed by atoms with Gasteiger partial charge in [0.2, 0.25) is 0 Å². The summed E-state index contributed by atoms with van der Waals surface area (Å²) in [5.74, 6) is -0.353. The maximum atomic E-state index is 12.8. The predicted octanol–water partition coefficient (Wildman–Crippen LogP) is 4.72.